The first-order valence-corrected chi connectivity index (χ1v) is 13.7. The van der Waals surface area contributed by atoms with Crippen LogP contribution in [-0.4, -0.2) is 39.4 Å². The van der Waals surface area contributed by atoms with Gasteiger partial charge in [0.2, 0.25) is 17.8 Å². The Labute approximate surface area is 184 Å². The fourth-order valence-corrected chi connectivity index (χ4v) is 3.24. The lowest BCUT2D eigenvalue weighted by molar-refractivity contribution is -0.141. The van der Waals surface area contributed by atoms with Gasteiger partial charge in [-0.2, -0.15) is 18.2 Å². The fraction of sp³-hybridized carbons (Fsp3) is 0.400. The van der Waals surface area contributed by atoms with Gasteiger partial charge in [-0.3, -0.25) is 5.32 Å². The predicted octanol–water partition coefficient (Wildman–Crippen LogP) is 4.72. The zero-order valence-electron chi connectivity index (χ0n) is 18.1. The summed E-state index contributed by atoms with van der Waals surface area (Å²) in [6.45, 7) is 7.61. The van der Waals surface area contributed by atoms with E-state index in [1.54, 1.807) is 12.1 Å². The largest absolute Gasteiger partial charge is 0.473 e. The number of alkyl halides is 3. The van der Waals surface area contributed by atoms with E-state index in [1.807, 2.05) is 18.2 Å². The van der Waals surface area contributed by atoms with Crippen LogP contribution in [0.15, 0.2) is 42.7 Å². The van der Waals surface area contributed by atoms with Crippen molar-refractivity contribution in [2.45, 2.75) is 45.2 Å². The summed E-state index contributed by atoms with van der Waals surface area (Å²) < 4.78 is 52.3. The van der Waals surface area contributed by atoms with Crippen molar-refractivity contribution in [2.75, 3.05) is 11.9 Å². The van der Waals surface area contributed by atoms with Gasteiger partial charge in [0.25, 0.3) is 0 Å². The Balaban J connectivity index is 1.67. The average molecular weight is 467 g/mol. The molecule has 172 valence electrons. The van der Waals surface area contributed by atoms with Gasteiger partial charge in [-0.25, -0.2) is 14.6 Å². The van der Waals surface area contributed by atoms with Crippen LogP contribution in [0.25, 0.3) is 0 Å². The zero-order valence-corrected chi connectivity index (χ0v) is 19.1. The molecule has 2 heterocycles. The standard InChI is InChI=1S/C20H25F3N6O2Si/c1-32(2,3)10-9-30-14-29-13-24-18(28-29)27-19-25-16(20(21,22)23)11-17(26-19)31-12-15-7-5-4-6-8-15/h4-8,11,13H,9-10,12,14H2,1-3H3,(H,25,26,27,28). The molecule has 0 bridgehead atoms. The Kier molecular flexibility index (Phi) is 7.46. The Morgan fingerprint density at radius 1 is 1.06 bits per heavy atom. The molecule has 2 aromatic heterocycles. The highest BCUT2D eigenvalue weighted by Gasteiger charge is 2.34. The van der Waals surface area contributed by atoms with Gasteiger partial charge >= 0.3 is 6.18 Å². The molecule has 0 atom stereocenters. The maximum absolute atomic E-state index is 13.3. The molecule has 0 saturated carbocycles. The van der Waals surface area contributed by atoms with Crippen molar-refractivity contribution >= 4 is 20.0 Å². The molecular formula is C20H25F3N6O2Si. The SMILES string of the molecule is C[Si](C)(C)CCOCn1cnc(Nc2nc(OCc3ccccc3)cc(C(F)(F)F)n2)n1. The average Bonchev–Trinajstić information content (AvgIpc) is 3.16. The van der Waals surface area contributed by atoms with E-state index in [1.165, 1.54) is 11.0 Å². The van der Waals surface area contributed by atoms with Crippen LogP contribution in [0.2, 0.25) is 25.7 Å². The van der Waals surface area contributed by atoms with E-state index in [0.29, 0.717) is 6.61 Å². The minimum Gasteiger partial charge on any atom is -0.473 e. The number of ether oxygens (including phenoxy) is 2. The van der Waals surface area contributed by atoms with Crippen LogP contribution in [-0.2, 0) is 24.3 Å². The molecule has 1 aromatic carbocycles. The van der Waals surface area contributed by atoms with Gasteiger partial charge in [0.1, 0.15) is 19.7 Å². The molecule has 1 N–H and O–H groups in total. The van der Waals surface area contributed by atoms with E-state index in [2.05, 4.69) is 45.0 Å². The van der Waals surface area contributed by atoms with Crippen LogP contribution >= 0.6 is 0 Å². The van der Waals surface area contributed by atoms with E-state index >= 15 is 0 Å². The van der Waals surface area contributed by atoms with Crippen LogP contribution in [0, 0.1) is 0 Å². The van der Waals surface area contributed by atoms with Crippen molar-refractivity contribution in [3.8, 4) is 5.88 Å². The van der Waals surface area contributed by atoms with E-state index in [0.717, 1.165) is 17.7 Å². The number of benzene rings is 1. The highest BCUT2D eigenvalue weighted by molar-refractivity contribution is 6.76. The number of aromatic nitrogens is 5. The third kappa shape index (κ3) is 7.61. The molecule has 12 heteroatoms. The Hall–Kier alpha value is -2.99. The summed E-state index contributed by atoms with van der Waals surface area (Å²) in [4.78, 5) is 11.6. The Morgan fingerprint density at radius 2 is 1.81 bits per heavy atom. The van der Waals surface area contributed by atoms with Crippen LogP contribution in [0.5, 0.6) is 5.88 Å². The normalized spacial score (nSPS) is 12.1. The van der Waals surface area contributed by atoms with Gasteiger partial charge in [-0.15, -0.1) is 5.10 Å². The van der Waals surface area contributed by atoms with Gasteiger partial charge in [-0.1, -0.05) is 50.0 Å². The summed E-state index contributed by atoms with van der Waals surface area (Å²) in [6.07, 6.45) is -3.25. The van der Waals surface area contributed by atoms with Gasteiger partial charge in [0, 0.05) is 20.7 Å². The minimum absolute atomic E-state index is 0.0483. The topological polar surface area (TPSA) is 87.0 Å². The van der Waals surface area contributed by atoms with Crippen molar-refractivity contribution in [3.05, 3.63) is 54.0 Å². The third-order valence-electron chi connectivity index (χ3n) is 4.20. The Morgan fingerprint density at radius 3 is 2.50 bits per heavy atom. The lowest BCUT2D eigenvalue weighted by atomic mass is 10.2. The molecule has 0 aliphatic heterocycles. The number of rotatable bonds is 10. The highest BCUT2D eigenvalue weighted by atomic mass is 28.3. The van der Waals surface area contributed by atoms with Crippen molar-refractivity contribution in [2.24, 2.45) is 0 Å². The summed E-state index contributed by atoms with van der Waals surface area (Å²) in [7, 11) is -1.20. The summed E-state index contributed by atoms with van der Waals surface area (Å²) >= 11 is 0. The smallest absolute Gasteiger partial charge is 0.433 e. The number of nitrogens with one attached hydrogen (secondary N) is 1. The molecule has 0 saturated heterocycles. The van der Waals surface area contributed by atoms with Gasteiger partial charge < -0.3 is 9.47 Å². The lowest BCUT2D eigenvalue weighted by Gasteiger charge is -2.15. The van der Waals surface area contributed by atoms with Crippen molar-refractivity contribution in [3.63, 3.8) is 0 Å². The molecule has 0 aliphatic rings. The first-order chi connectivity index (χ1) is 15.1. The van der Waals surface area contributed by atoms with Crippen LogP contribution in [0.3, 0.4) is 0 Å². The zero-order chi connectivity index (χ0) is 23.2. The molecular weight excluding hydrogens is 441 g/mol. The summed E-state index contributed by atoms with van der Waals surface area (Å²) in [5, 5.41) is 6.73. The molecule has 3 aromatic rings. The quantitative estimate of drug-likeness (QED) is 0.342. The summed E-state index contributed by atoms with van der Waals surface area (Å²) in [5.41, 5.74) is -0.337. The lowest BCUT2D eigenvalue weighted by Crippen LogP contribution is -2.22. The molecule has 0 unspecified atom stereocenters. The van der Waals surface area contributed by atoms with E-state index in [4.69, 9.17) is 9.47 Å². The monoisotopic (exact) mass is 466 g/mol. The Bertz CT molecular complexity index is 1010. The third-order valence-corrected chi connectivity index (χ3v) is 5.91. The number of hydrogen-bond donors (Lipinski definition) is 1. The van der Waals surface area contributed by atoms with Crippen LogP contribution in [0.1, 0.15) is 11.3 Å². The van der Waals surface area contributed by atoms with Crippen molar-refractivity contribution in [1.82, 2.24) is 24.7 Å². The molecule has 0 fully saturated rings. The predicted molar refractivity (Wildman–Crippen MR) is 115 cm³/mol. The number of anilines is 2. The molecule has 3 rings (SSSR count). The fourth-order valence-electron chi connectivity index (χ4n) is 2.48. The molecule has 0 spiro atoms. The molecule has 0 radical (unpaired) electrons. The maximum Gasteiger partial charge on any atom is 0.433 e. The van der Waals surface area contributed by atoms with E-state index in [-0.39, 0.29) is 31.1 Å². The highest BCUT2D eigenvalue weighted by Crippen LogP contribution is 2.30. The first-order valence-electron chi connectivity index (χ1n) is 9.96. The number of nitrogens with zero attached hydrogens (tertiary/aromatic N) is 5. The second-order valence-electron chi connectivity index (χ2n) is 8.27. The second kappa shape index (κ2) is 10.1. The molecule has 32 heavy (non-hydrogen) atoms. The molecule has 0 amide bonds. The van der Waals surface area contributed by atoms with Crippen molar-refractivity contribution in [1.29, 1.82) is 0 Å². The summed E-state index contributed by atoms with van der Waals surface area (Å²) in [5.74, 6) is -0.486. The van der Waals surface area contributed by atoms with Crippen LogP contribution in [0.4, 0.5) is 25.1 Å². The second-order valence-corrected chi connectivity index (χ2v) is 13.9. The van der Waals surface area contributed by atoms with Gasteiger partial charge in [0.15, 0.2) is 5.69 Å². The van der Waals surface area contributed by atoms with Crippen molar-refractivity contribution < 1.29 is 22.6 Å². The van der Waals surface area contributed by atoms with Gasteiger partial charge in [-0.05, 0) is 11.6 Å². The summed E-state index contributed by atoms with van der Waals surface area (Å²) in [6, 6.07) is 10.8. The number of hydrogen-bond acceptors (Lipinski definition) is 7. The van der Waals surface area contributed by atoms with E-state index in [9.17, 15) is 13.2 Å². The van der Waals surface area contributed by atoms with Gasteiger partial charge in [0.05, 0.1) is 0 Å². The maximum atomic E-state index is 13.3. The first kappa shape index (κ1) is 23.7. The van der Waals surface area contributed by atoms with E-state index < -0.39 is 19.9 Å². The number of halogens is 3. The molecule has 8 nitrogen and oxygen atoms in total. The minimum atomic E-state index is -4.67. The molecule has 0 aliphatic carbocycles. The van der Waals surface area contributed by atoms with Crippen LogP contribution < -0.4 is 10.1 Å².